The van der Waals surface area contributed by atoms with Crippen molar-refractivity contribution in [3.63, 3.8) is 0 Å². The number of hydrogen-bond donors (Lipinski definition) is 0. The number of carbonyl (C=O) groups is 1. The number of hydrogen-bond acceptors (Lipinski definition) is 5. The third kappa shape index (κ3) is 2.79. The number of carbonyl (C=O) groups excluding carboxylic acids is 1. The molecular formula is C16H21N3O2S. The van der Waals surface area contributed by atoms with Crippen molar-refractivity contribution in [3.8, 4) is 0 Å². The molecule has 0 saturated carbocycles. The van der Waals surface area contributed by atoms with E-state index in [1.54, 1.807) is 11.3 Å². The van der Waals surface area contributed by atoms with Gasteiger partial charge in [-0.3, -0.25) is 4.79 Å². The molecular weight excluding hydrogens is 298 g/mol. The average molecular weight is 319 g/mol. The van der Waals surface area contributed by atoms with Crippen LogP contribution in [-0.2, 0) is 6.42 Å². The Morgan fingerprint density at radius 3 is 2.95 bits per heavy atom. The Kier molecular flexibility index (Phi) is 4.29. The number of thiazole rings is 1. The summed E-state index contributed by atoms with van der Waals surface area (Å²) in [5.41, 5.74) is 1.69. The van der Waals surface area contributed by atoms with Crippen molar-refractivity contribution in [2.24, 2.45) is 0 Å². The molecule has 0 N–H and O–H groups in total. The summed E-state index contributed by atoms with van der Waals surface area (Å²) in [4.78, 5) is 23.7. The van der Waals surface area contributed by atoms with Gasteiger partial charge in [-0.25, -0.2) is 9.97 Å². The van der Waals surface area contributed by atoms with Crippen molar-refractivity contribution in [2.75, 3.05) is 6.54 Å². The van der Waals surface area contributed by atoms with E-state index in [1.807, 2.05) is 18.7 Å². The van der Waals surface area contributed by atoms with Crippen molar-refractivity contribution in [2.45, 2.75) is 52.5 Å². The third-order valence-electron chi connectivity index (χ3n) is 3.99. The Bertz CT molecular complexity index is 677. The van der Waals surface area contributed by atoms with Crippen LogP contribution in [-0.4, -0.2) is 27.3 Å². The number of aromatic nitrogens is 2. The fraction of sp³-hybridized carbons (Fsp3) is 0.562. The zero-order chi connectivity index (χ0) is 15.7. The van der Waals surface area contributed by atoms with Crippen molar-refractivity contribution in [1.82, 2.24) is 14.9 Å². The molecule has 0 bridgehead atoms. The minimum atomic E-state index is -0.0551. The molecule has 0 radical (unpaired) electrons. The van der Waals surface area contributed by atoms with Crippen molar-refractivity contribution in [1.29, 1.82) is 0 Å². The number of oxazole rings is 1. The Labute approximate surface area is 134 Å². The Morgan fingerprint density at radius 2 is 2.27 bits per heavy atom. The van der Waals surface area contributed by atoms with Gasteiger partial charge in [-0.2, -0.15) is 0 Å². The Balaban J connectivity index is 1.84. The van der Waals surface area contributed by atoms with Crippen LogP contribution in [0.4, 0.5) is 0 Å². The second-order valence-corrected chi connectivity index (χ2v) is 6.78. The lowest BCUT2D eigenvalue weighted by Gasteiger charge is -2.22. The quantitative estimate of drug-likeness (QED) is 0.862. The highest BCUT2D eigenvalue weighted by Crippen LogP contribution is 2.34. The van der Waals surface area contributed by atoms with Gasteiger partial charge in [0, 0.05) is 18.3 Å². The van der Waals surface area contributed by atoms with Gasteiger partial charge in [0.05, 0.1) is 22.4 Å². The van der Waals surface area contributed by atoms with Gasteiger partial charge in [0.25, 0.3) is 5.91 Å². The van der Waals surface area contributed by atoms with Crippen molar-refractivity contribution < 1.29 is 9.21 Å². The van der Waals surface area contributed by atoms with Crippen molar-refractivity contribution >= 4 is 17.2 Å². The lowest BCUT2D eigenvalue weighted by Crippen LogP contribution is -2.31. The topological polar surface area (TPSA) is 59.2 Å². The molecule has 2 aromatic rings. The number of likely N-dealkylation sites (tertiary alicyclic amines) is 1. The summed E-state index contributed by atoms with van der Waals surface area (Å²) in [5, 5.41) is 3.09. The van der Waals surface area contributed by atoms with Gasteiger partial charge in [-0.15, -0.1) is 11.3 Å². The van der Waals surface area contributed by atoms with E-state index in [9.17, 15) is 4.79 Å². The summed E-state index contributed by atoms with van der Waals surface area (Å²) in [6.07, 6.45) is 3.69. The maximum absolute atomic E-state index is 12.8. The molecule has 1 amide bonds. The maximum Gasteiger partial charge on any atom is 0.292 e. The first-order chi connectivity index (χ1) is 10.6. The molecule has 5 nitrogen and oxygen atoms in total. The highest BCUT2D eigenvalue weighted by molar-refractivity contribution is 7.09. The zero-order valence-electron chi connectivity index (χ0n) is 13.3. The van der Waals surface area contributed by atoms with E-state index in [2.05, 4.69) is 22.3 Å². The SMILES string of the molecule is CCCc1nc(C)c(C(=O)N2CCC[C@@H]2c2csc(C)n2)o1. The third-order valence-corrected chi connectivity index (χ3v) is 4.78. The summed E-state index contributed by atoms with van der Waals surface area (Å²) in [6.45, 7) is 6.66. The molecule has 22 heavy (non-hydrogen) atoms. The van der Waals surface area contributed by atoms with Gasteiger partial charge < -0.3 is 9.32 Å². The molecule has 1 atom stereocenters. The van der Waals surface area contributed by atoms with Crippen LogP contribution in [0, 0.1) is 13.8 Å². The highest BCUT2D eigenvalue weighted by Gasteiger charge is 2.34. The zero-order valence-corrected chi connectivity index (χ0v) is 14.1. The summed E-state index contributed by atoms with van der Waals surface area (Å²) in [5.74, 6) is 0.992. The van der Waals surface area contributed by atoms with Crippen LogP contribution in [0.25, 0.3) is 0 Å². The molecule has 1 fully saturated rings. The molecule has 3 rings (SSSR count). The van der Waals surface area contributed by atoms with Gasteiger partial charge in [0.1, 0.15) is 0 Å². The molecule has 2 aromatic heterocycles. The van der Waals surface area contributed by atoms with E-state index in [0.29, 0.717) is 17.3 Å². The van der Waals surface area contributed by atoms with Crippen LogP contribution in [0.3, 0.4) is 0 Å². The first-order valence-electron chi connectivity index (χ1n) is 7.79. The van der Waals surface area contributed by atoms with Crippen LogP contribution in [0.1, 0.15) is 65.1 Å². The van der Waals surface area contributed by atoms with E-state index >= 15 is 0 Å². The number of rotatable bonds is 4. The van der Waals surface area contributed by atoms with E-state index in [4.69, 9.17) is 4.42 Å². The van der Waals surface area contributed by atoms with E-state index in [1.165, 1.54) is 0 Å². The van der Waals surface area contributed by atoms with Crippen molar-refractivity contribution in [3.05, 3.63) is 33.4 Å². The molecule has 0 aliphatic carbocycles. The summed E-state index contributed by atoms with van der Waals surface area (Å²) in [6, 6.07) is 0.0663. The molecule has 0 aromatic carbocycles. The van der Waals surface area contributed by atoms with E-state index in [-0.39, 0.29) is 11.9 Å². The average Bonchev–Trinajstić information content (AvgIpc) is 3.18. The second kappa shape index (κ2) is 6.20. The van der Waals surface area contributed by atoms with Crippen LogP contribution >= 0.6 is 11.3 Å². The second-order valence-electron chi connectivity index (χ2n) is 5.72. The summed E-state index contributed by atoms with van der Waals surface area (Å²) < 4.78 is 5.70. The molecule has 1 aliphatic heterocycles. The van der Waals surface area contributed by atoms with Gasteiger partial charge >= 0.3 is 0 Å². The molecule has 1 aliphatic rings. The number of amides is 1. The van der Waals surface area contributed by atoms with Crippen LogP contribution < -0.4 is 0 Å². The van der Waals surface area contributed by atoms with Crippen LogP contribution in [0.5, 0.6) is 0 Å². The largest absolute Gasteiger partial charge is 0.435 e. The van der Waals surface area contributed by atoms with E-state index in [0.717, 1.165) is 42.9 Å². The molecule has 0 spiro atoms. The monoisotopic (exact) mass is 319 g/mol. The minimum Gasteiger partial charge on any atom is -0.435 e. The lowest BCUT2D eigenvalue weighted by molar-refractivity contribution is 0.0698. The normalized spacial score (nSPS) is 18.1. The van der Waals surface area contributed by atoms with Crippen LogP contribution in [0.15, 0.2) is 9.80 Å². The lowest BCUT2D eigenvalue weighted by atomic mass is 10.1. The smallest absolute Gasteiger partial charge is 0.292 e. The molecule has 3 heterocycles. The first-order valence-corrected chi connectivity index (χ1v) is 8.67. The summed E-state index contributed by atoms with van der Waals surface area (Å²) >= 11 is 1.63. The van der Waals surface area contributed by atoms with Gasteiger partial charge in [-0.1, -0.05) is 6.92 Å². The fourth-order valence-corrected chi connectivity index (χ4v) is 3.61. The van der Waals surface area contributed by atoms with Gasteiger partial charge in [0.15, 0.2) is 5.89 Å². The number of nitrogens with zero attached hydrogens (tertiary/aromatic N) is 3. The predicted molar refractivity (Wildman–Crippen MR) is 85.1 cm³/mol. The van der Waals surface area contributed by atoms with Gasteiger partial charge in [-0.05, 0) is 33.1 Å². The van der Waals surface area contributed by atoms with Crippen LogP contribution in [0.2, 0.25) is 0 Å². The highest BCUT2D eigenvalue weighted by atomic mass is 32.1. The molecule has 1 saturated heterocycles. The van der Waals surface area contributed by atoms with E-state index < -0.39 is 0 Å². The molecule has 6 heteroatoms. The predicted octanol–water partition coefficient (Wildman–Crippen LogP) is 3.68. The summed E-state index contributed by atoms with van der Waals surface area (Å²) in [7, 11) is 0. The molecule has 118 valence electrons. The first kappa shape index (κ1) is 15.2. The standard InChI is InChI=1S/C16H21N3O2S/c1-4-6-14-17-10(2)15(21-14)16(20)19-8-5-7-13(19)12-9-22-11(3)18-12/h9,13H,4-8H2,1-3H3/t13-/m1/s1. The maximum atomic E-state index is 12.8. The Hall–Kier alpha value is -1.69. The molecule has 0 unspecified atom stereocenters. The minimum absolute atomic E-state index is 0.0551. The number of aryl methyl sites for hydroxylation is 3. The fourth-order valence-electron chi connectivity index (χ4n) is 2.95. The van der Waals surface area contributed by atoms with Gasteiger partial charge in [0.2, 0.25) is 5.76 Å². The Morgan fingerprint density at radius 1 is 1.45 bits per heavy atom.